The second kappa shape index (κ2) is 5.14. The van der Waals surface area contributed by atoms with Gasteiger partial charge in [-0.2, -0.15) is 0 Å². The summed E-state index contributed by atoms with van der Waals surface area (Å²) in [5.41, 5.74) is -0.621. The highest BCUT2D eigenvalue weighted by Crippen LogP contribution is 2.32. The van der Waals surface area contributed by atoms with Crippen LogP contribution in [0.4, 0.5) is 4.79 Å². The predicted molar refractivity (Wildman–Crippen MR) is 62.0 cm³/mol. The number of hydrogen-bond donors (Lipinski definition) is 0. The van der Waals surface area contributed by atoms with Gasteiger partial charge in [0.05, 0.1) is 7.11 Å². The second-order valence-electron chi connectivity index (χ2n) is 4.65. The van der Waals surface area contributed by atoms with Gasteiger partial charge in [0.1, 0.15) is 23.9 Å². The van der Waals surface area contributed by atoms with Gasteiger partial charge in [-0.25, -0.2) is 13.9 Å². The van der Waals surface area contributed by atoms with Crippen molar-refractivity contribution >= 4 is 24.3 Å². The minimum atomic E-state index is -0.778. The summed E-state index contributed by atoms with van der Waals surface area (Å²) in [6, 6.07) is -0.778. The van der Waals surface area contributed by atoms with Crippen LogP contribution in [0.2, 0.25) is 0 Å². The molecule has 0 N–H and O–H groups in total. The number of hydrogen-bond acceptors (Lipinski definition) is 6. The lowest BCUT2D eigenvalue weighted by molar-refractivity contribution is -0.146. The third-order valence-electron chi connectivity index (χ3n) is 1.99. The molecule has 2 atom stereocenters. The topological polar surface area (TPSA) is 65.1 Å². The molecule has 7 heteroatoms. The first-order chi connectivity index (χ1) is 7.76. The number of nitrogens with zero attached hydrogens (tertiary/aromatic N) is 1. The molecule has 0 radical (unpaired) electrons. The van der Waals surface area contributed by atoms with Crippen molar-refractivity contribution in [3.63, 3.8) is 0 Å². The Labute approximate surface area is 105 Å². The Morgan fingerprint density at radius 1 is 1.35 bits per heavy atom. The van der Waals surface area contributed by atoms with Gasteiger partial charge in [-0.1, -0.05) is 0 Å². The van der Waals surface area contributed by atoms with E-state index in [-0.39, 0.29) is 0 Å². The Balaban J connectivity index is 2.76. The molecule has 1 saturated heterocycles. The number of carbonyl (C=O) groups is 2. The fourth-order valence-electron chi connectivity index (χ4n) is 1.26. The van der Waals surface area contributed by atoms with Crippen LogP contribution in [0, 0.1) is 0 Å². The van der Waals surface area contributed by atoms with E-state index in [1.807, 2.05) is 0 Å². The molecule has 0 saturated carbocycles. The van der Waals surface area contributed by atoms with Crippen molar-refractivity contribution in [1.82, 2.24) is 4.31 Å². The number of esters is 1. The molecule has 0 bridgehead atoms. The summed E-state index contributed by atoms with van der Waals surface area (Å²) in [6.07, 6.45) is -1.04. The fraction of sp³-hybridized carbons (Fsp3) is 0.800. The van der Waals surface area contributed by atoms with Crippen molar-refractivity contribution in [3.8, 4) is 0 Å². The molecule has 0 aliphatic carbocycles. The van der Waals surface area contributed by atoms with Crippen molar-refractivity contribution in [2.75, 3.05) is 7.11 Å². The van der Waals surface area contributed by atoms with Crippen LogP contribution >= 0.6 is 12.2 Å². The first kappa shape index (κ1) is 14.1. The molecule has 0 unspecified atom stereocenters. The molecule has 1 heterocycles. The largest absolute Gasteiger partial charge is 0.467 e. The first-order valence-electron chi connectivity index (χ1n) is 5.19. The van der Waals surface area contributed by atoms with Gasteiger partial charge in [-0.3, -0.25) is 4.18 Å². The normalized spacial score (nSPS) is 24.6. The number of rotatable bonds is 1. The fourth-order valence-corrected chi connectivity index (χ4v) is 2.04. The van der Waals surface area contributed by atoms with Crippen LogP contribution in [-0.4, -0.2) is 41.2 Å². The van der Waals surface area contributed by atoms with Crippen molar-refractivity contribution in [1.29, 1.82) is 0 Å². The average Bonchev–Trinajstić information content (AvgIpc) is 2.56. The van der Waals surface area contributed by atoms with Gasteiger partial charge in [0.25, 0.3) is 0 Å². The van der Waals surface area contributed by atoms with Crippen molar-refractivity contribution in [2.24, 2.45) is 0 Å². The minimum absolute atomic E-state index is 0.431. The quantitative estimate of drug-likeness (QED) is 0.408. The maximum atomic E-state index is 11.8. The molecule has 6 nitrogen and oxygen atoms in total. The van der Waals surface area contributed by atoms with E-state index in [9.17, 15) is 9.59 Å². The highest BCUT2D eigenvalue weighted by molar-refractivity contribution is 7.93. The molecule has 1 amide bonds. The Hall–Kier alpha value is -0.950. The van der Waals surface area contributed by atoms with E-state index in [2.05, 4.69) is 4.74 Å². The molecule has 1 rings (SSSR count). The van der Waals surface area contributed by atoms with Gasteiger partial charge in [-0.15, -0.1) is 0 Å². The van der Waals surface area contributed by atoms with Gasteiger partial charge in [-0.05, 0) is 27.7 Å². The average molecular weight is 263 g/mol. The smallest absolute Gasteiger partial charge is 0.423 e. The Bertz CT molecular complexity index is 314. The van der Waals surface area contributed by atoms with Crippen LogP contribution in [0.3, 0.4) is 0 Å². The van der Waals surface area contributed by atoms with E-state index in [1.165, 1.54) is 7.11 Å². The SMILES string of the molecule is COC(=O)[C@@H]1[C@@H](C)OSN1C(=O)OC(C)(C)C. The van der Waals surface area contributed by atoms with Gasteiger partial charge in [0, 0.05) is 0 Å². The van der Waals surface area contributed by atoms with Crippen LogP contribution in [-0.2, 0) is 18.5 Å². The third-order valence-corrected chi connectivity index (χ3v) is 2.91. The molecule has 98 valence electrons. The van der Waals surface area contributed by atoms with Gasteiger partial charge in [0.15, 0.2) is 6.04 Å². The first-order valence-corrected chi connectivity index (χ1v) is 5.89. The predicted octanol–water partition coefficient (Wildman–Crippen LogP) is 1.75. The van der Waals surface area contributed by atoms with Crippen molar-refractivity contribution < 1.29 is 23.2 Å². The maximum Gasteiger partial charge on any atom is 0.423 e. The van der Waals surface area contributed by atoms with Crippen LogP contribution in [0.1, 0.15) is 27.7 Å². The molecule has 1 aliphatic heterocycles. The number of carbonyl (C=O) groups excluding carboxylic acids is 2. The number of methoxy groups -OCH3 is 1. The lowest BCUT2D eigenvalue weighted by Gasteiger charge is -2.25. The highest BCUT2D eigenvalue weighted by atomic mass is 32.2. The highest BCUT2D eigenvalue weighted by Gasteiger charge is 2.45. The van der Waals surface area contributed by atoms with Gasteiger partial charge in [0.2, 0.25) is 0 Å². The zero-order valence-electron chi connectivity index (χ0n) is 10.6. The summed E-state index contributed by atoms with van der Waals surface area (Å²) >= 11 is 0.809. The Morgan fingerprint density at radius 2 is 1.94 bits per heavy atom. The van der Waals surface area contributed by atoms with Crippen molar-refractivity contribution in [2.45, 2.75) is 45.4 Å². The van der Waals surface area contributed by atoms with E-state index in [4.69, 9.17) is 8.92 Å². The van der Waals surface area contributed by atoms with E-state index in [1.54, 1.807) is 27.7 Å². The second-order valence-corrected chi connectivity index (χ2v) is 5.38. The van der Waals surface area contributed by atoms with Gasteiger partial charge >= 0.3 is 12.1 Å². The van der Waals surface area contributed by atoms with Crippen LogP contribution in [0.15, 0.2) is 0 Å². The molecule has 1 aliphatic rings. The zero-order valence-corrected chi connectivity index (χ0v) is 11.4. The summed E-state index contributed by atoms with van der Waals surface area (Å²) in [4.78, 5) is 23.4. The van der Waals surface area contributed by atoms with E-state index in [0.29, 0.717) is 0 Å². The summed E-state index contributed by atoms with van der Waals surface area (Å²) in [7, 11) is 1.27. The zero-order chi connectivity index (χ0) is 13.2. The number of amides is 1. The van der Waals surface area contributed by atoms with Crippen LogP contribution < -0.4 is 0 Å². The van der Waals surface area contributed by atoms with Crippen LogP contribution in [0.5, 0.6) is 0 Å². The minimum Gasteiger partial charge on any atom is -0.467 e. The van der Waals surface area contributed by atoms with Gasteiger partial charge < -0.3 is 9.47 Å². The maximum absolute atomic E-state index is 11.8. The third kappa shape index (κ3) is 3.50. The summed E-state index contributed by atoms with van der Waals surface area (Å²) in [5.74, 6) is -0.520. The summed E-state index contributed by atoms with van der Waals surface area (Å²) in [6.45, 7) is 6.95. The number of ether oxygens (including phenoxy) is 2. The molecular weight excluding hydrogens is 246 g/mol. The molecule has 0 spiro atoms. The molecule has 0 aromatic carbocycles. The lowest BCUT2D eigenvalue weighted by Crippen LogP contribution is -2.44. The molecule has 0 aromatic rings. The van der Waals surface area contributed by atoms with Crippen LogP contribution in [0.25, 0.3) is 0 Å². The Kier molecular flexibility index (Phi) is 4.26. The molecule has 17 heavy (non-hydrogen) atoms. The monoisotopic (exact) mass is 263 g/mol. The van der Waals surface area contributed by atoms with E-state index in [0.717, 1.165) is 16.5 Å². The Morgan fingerprint density at radius 3 is 2.41 bits per heavy atom. The lowest BCUT2D eigenvalue weighted by atomic mass is 10.2. The summed E-state index contributed by atoms with van der Waals surface area (Å²) < 4.78 is 16.1. The van der Waals surface area contributed by atoms with E-state index >= 15 is 0 Å². The summed E-state index contributed by atoms with van der Waals surface area (Å²) in [5, 5.41) is 0. The molecular formula is C10H17NO5S. The molecule has 1 fully saturated rings. The van der Waals surface area contributed by atoms with E-state index < -0.39 is 29.8 Å². The standard InChI is InChI=1S/C10H17NO5S/c1-6-7(8(12)14-5)11(17-16-6)9(13)15-10(2,3)4/h6-7H,1-5H3/t6-,7+/m1/s1. The van der Waals surface area contributed by atoms with Crippen molar-refractivity contribution in [3.05, 3.63) is 0 Å². The molecule has 0 aromatic heterocycles.